The van der Waals surface area contributed by atoms with E-state index in [2.05, 4.69) is 48.5 Å². The van der Waals surface area contributed by atoms with Crippen LogP contribution >= 0.6 is 0 Å². The molecule has 2 nitrogen and oxygen atoms in total. The molecule has 2 aromatic rings. The molecule has 0 N–H and O–H groups in total. The zero-order valence-corrected chi connectivity index (χ0v) is 13.1. The first-order chi connectivity index (χ1) is 10.2. The highest BCUT2D eigenvalue weighted by atomic mass is 15.2. The second-order valence-corrected chi connectivity index (χ2v) is 6.20. The molecule has 2 heterocycles. The maximum atomic E-state index is 4.58. The van der Waals surface area contributed by atoms with Crippen LogP contribution in [-0.2, 0) is 0 Å². The third-order valence-corrected chi connectivity index (χ3v) is 4.59. The second-order valence-electron chi connectivity index (χ2n) is 6.20. The van der Waals surface area contributed by atoms with Crippen molar-refractivity contribution < 1.29 is 0 Å². The van der Waals surface area contributed by atoms with E-state index in [0.717, 1.165) is 5.52 Å². The molecule has 0 radical (unpaired) electrons. The van der Waals surface area contributed by atoms with Gasteiger partial charge >= 0.3 is 0 Å². The Labute approximate surface area is 127 Å². The van der Waals surface area contributed by atoms with E-state index in [1.165, 1.54) is 54.4 Å². The number of fused-ring (bicyclic) bond motifs is 1. The van der Waals surface area contributed by atoms with E-state index >= 15 is 0 Å². The van der Waals surface area contributed by atoms with E-state index in [9.17, 15) is 0 Å². The van der Waals surface area contributed by atoms with Crippen molar-refractivity contribution in [3.05, 3.63) is 53.7 Å². The molecule has 110 valence electrons. The van der Waals surface area contributed by atoms with Crippen molar-refractivity contribution in [2.75, 3.05) is 13.1 Å². The minimum absolute atomic E-state index is 0.330. The SMILES string of the molecule is C=C(C)C(c1ccc2cccnc2c1C)N1CCCCC1. The molecule has 1 atom stereocenters. The van der Waals surface area contributed by atoms with E-state index in [-0.39, 0.29) is 0 Å². The van der Waals surface area contributed by atoms with Crippen LogP contribution in [0.2, 0.25) is 0 Å². The number of hydrogen-bond donors (Lipinski definition) is 0. The highest BCUT2D eigenvalue weighted by molar-refractivity contribution is 5.82. The first kappa shape index (κ1) is 14.3. The number of piperidine rings is 1. The number of nitrogens with zero attached hydrogens (tertiary/aromatic N) is 2. The summed E-state index contributed by atoms with van der Waals surface area (Å²) < 4.78 is 0. The lowest BCUT2D eigenvalue weighted by Gasteiger charge is -2.36. The van der Waals surface area contributed by atoms with E-state index < -0.39 is 0 Å². The zero-order chi connectivity index (χ0) is 14.8. The van der Waals surface area contributed by atoms with Crippen LogP contribution < -0.4 is 0 Å². The maximum absolute atomic E-state index is 4.58. The summed E-state index contributed by atoms with van der Waals surface area (Å²) in [5.74, 6) is 0. The molecule has 1 saturated heterocycles. The number of aromatic nitrogens is 1. The van der Waals surface area contributed by atoms with Crippen molar-refractivity contribution in [2.45, 2.75) is 39.2 Å². The Kier molecular flexibility index (Phi) is 4.07. The Morgan fingerprint density at radius 2 is 1.95 bits per heavy atom. The van der Waals surface area contributed by atoms with E-state index in [1.807, 2.05) is 12.3 Å². The number of rotatable bonds is 3. The van der Waals surface area contributed by atoms with Crippen molar-refractivity contribution in [1.29, 1.82) is 0 Å². The van der Waals surface area contributed by atoms with Crippen LogP contribution in [0.15, 0.2) is 42.6 Å². The Balaban J connectivity index is 2.06. The molecule has 0 amide bonds. The summed E-state index contributed by atoms with van der Waals surface area (Å²) in [6.07, 6.45) is 5.84. The third kappa shape index (κ3) is 2.73. The van der Waals surface area contributed by atoms with E-state index in [0.29, 0.717) is 6.04 Å². The summed E-state index contributed by atoms with van der Waals surface area (Å²) in [5, 5.41) is 1.22. The average Bonchev–Trinajstić information content (AvgIpc) is 2.51. The summed E-state index contributed by atoms with van der Waals surface area (Å²) >= 11 is 0. The predicted molar refractivity (Wildman–Crippen MR) is 89.5 cm³/mol. The fourth-order valence-electron chi connectivity index (χ4n) is 3.55. The molecule has 0 bridgehead atoms. The molecule has 1 unspecified atom stereocenters. The predicted octanol–water partition coefficient (Wildman–Crippen LogP) is 4.65. The molecular formula is C19H24N2. The van der Waals surface area contributed by atoms with Crippen molar-refractivity contribution in [3.63, 3.8) is 0 Å². The highest BCUT2D eigenvalue weighted by Crippen LogP contribution is 2.34. The van der Waals surface area contributed by atoms with Gasteiger partial charge in [0, 0.05) is 11.6 Å². The molecule has 1 aliphatic rings. The summed E-state index contributed by atoms with van der Waals surface area (Å²) in [6.45, 7) is 11.0. The van der Waals surface area contributed by atoms with E-state index in [1.54, 1.807) is 0 Å². The molecule has 1 fully saturated rings. The fraction of sp³-hybridized carbons (Fsp3) is 0.421. The van der Waals surface area contributed by atoms with Gasteiger partial charge in [0.05, 0.1) is 11.6 Å². The Bertz CT molecular complexity index is 654. The second kappa shape index (κ2) is 5.98. The molecular weight excluding hydrogens is 256 g/mol. The van der Waals surface area contributed by atoms with Gasteiger partial charge in [0.2, 0.25) is 0 Å². The van der Waals surface area contributed by atoms with Crippen LogP contribution in [0.5, 0.6) is 0 Å². The molecule has 1 aliphatic heterocycles. The first-order valence-corrected chi connectivity index (χ1v) is 7.92. The van der Waals surface area contributed by atoms with Crippen molar-refractivity contribution in [3.8, 4) is 0 Å². The van der Waals surface area contributed by atoms with Crippen LogP contribution in [0, 0.1) is 6.92 Å². The van der Waals surface area contributed by atoms with Crippen LogP contribution in [0.1, 0.15) is 43.4 Å². The van der Waals surface area contributed by atoms with Crippen LogP contribution in [-0.4, -0.2) is 23.0 Å². The maximum Gasteiger partial charge on any atom is 0.0734 e. The molecule has 3 rings (SSSR count). The minimum atomic E-state index is 0.330. The molecule has 21 heavy (non-hydrogen) atoms. The lowest BCUT2D eigenvalue weighted by atomic mass is 9.92. The largest absolute Gasteiger partial charge is 0.293 e. The first-order valence-electron chi connectivity index (χ1n) is 7.92. The topological polar surface area (TPSA) is 16.1 Å². The highest BCUT2D eigenvalue weighted by Gasteiger charge is 2.24. The summed E-state index contributed by atoms with van der Waals surface area (Å²) in [5.41, 5.74) is 5.02. The molecule has 0 spiro atoms. The lowest BCUT2D eigenvalue weighted by Crippen LogP contribution is -2.34. The Morgan fingerprint density at radius 1 is 1.19 bits per heavy atom. The van der Waals surface area contributed by atoms with E-state index in [4.69, 9.17) is 0 Å². The van der Waals surface area contributed by atoms with Crippen LogP contribution in [0.3, 0.4) is 0 Å². The molecule has 0 saturated carbocycles. The van der Waals surface area contributed by atoms with Gasteiger partial charge in [-0.25, -0.2) is 0 Å². The molecule has 2 heteroatoms. The fourth-order valence-corrected chi connectivity index (χ4v) is 3.55. The Morgan fingerprint density at radius 3 is 2.67 bits per heavy atom. The van der Waals surface area contributed by atoms with Gasteiger partial charge in [-0.2, -0.15) is 0 Å². The molecule has 0 aliphatic carbocycles. The van der Waals surface area contributed by atoms with Crippen molar-refractivity contribution in [2.24, 2.45) is 0 Å². The van der Waals surface area contributed by atoms with Gasteiger partial charge in [-0.1, -0.05) is 36.8 Å². The quantitative estimate of drug-likeness (QED) is 0.761. The Hall–Kier alpha value is -1.67. The lowest BCUT2D eigenvalue weighted by molar-refractivity contribution is 0.185. The summed E-state index contributed by atoms with van der Waals surface area (Å²) in [4.78, 5) is 7.17. The van der Waals surface area contributed by atoms with Crippen molar-refractivity contribution >= 4 is 10.9 Å². The number of pyridine rings is 1. The van der Waals surface area contributed by atoms with Crippen LogP contribution in [0.25, 0.3) is 10.9 Å². The summed E-state index contributed by atoms with van der Waals surface area (Å²) in [6, 6.07) is 8.94. The number of hydrogen-bond acceptors (Lipinski definition) is 2. The standard InChI is InChI=1S/C19H24N2/c1-14(2)19(21-12-5-4-6-13-21)17-10-9-16-8-7-11-20-18(16)15(17)3/h7-11,19H,1,4-6,12-13H2,2-3H3. The summed E-state index contributed by atoms with van der Waals surface area (Å²) in [7, 11) is 0. The van der Waals surface area contributed by atoms with Gasteiger partial charge in [-0.3, -0.25) is 9.88 Å². The molecule has 1 aromatic heterocycles. The smallest absolute Gasteiger partial charge is 0.0734 e. The normalized spacial score (nSPS) is 17.8. The average molecular weight is 280 g/mol. The molecule has 1 aromatic carbocycles. The van der Waals surface area contributed by atoms with Gasteiger partial charge < -0.3 is 0 Å². The van der Waals surface area contributed by atoms with Crippen molar-refractivity contribution in [1.82, 2.24) is 9.88 Å². The van der Waals surface area contributed by atoms with Crippen LogP contribution in [0.4, 0.5) is 0 Å². The van der Waals surface area contributed by atoms with Gasteiger partial charge in [0.25, 0.3) is 0 Å². The third-order valence-electron chi connectivity index (χ3n) is 4.59. The van der Waals surface area contributed by atoms with Gasteiger partial charge in [0.15, 0.2) is 0 Å². The minimum Gasteiger partial charge on any atom is -0.293 e. The van der Waals surface area contributed by atoms with Gasteiger partial charge in [0.1, 0.15) is 0 Å². The number of likely N-dealkylation sites (tertiary alicyclic amines) is 1. The monoisotopic (exact) mass is 280 g/mol. The van der Waals surface area contributed by atoms with Gasteiger partial charge in [-0.15, -0.1) is 0 Å². The zero-order valence-electron chi connectivity index (χ0n) is 13.1. The van der Waals surface area contributed by atoms with Gasteiger partial charge in [-0.05, 0) is 57.0 Å². The number of benzene rings is 1. The number of aryl methyl sites for hydroxylation is 1.